The average Bonchev–Trinajstić information content (AvgIpc) is 3.05. The minimum absolute atomic E-state index is 0.0329. The Morgan fingerprint density at radius 2 is 1.86 bits per heavy atom. The summed E-state index contributed by atoms with van der Waals surface area (Å²) in [5.41, 5.74) is 3.10. The summed E-state index contributed by atoms with van der Waals surface area (Å²) in [7, 11) is 0. The fourth-order valence-corrected chi connectivity index (χ4v) is 3.62. The third-order valence-electron chi connectivity index (χ3n) is 5.01. The molecule has 3 heterocycles. The molecule has 0 amide bonds. The highest BCUT2D eigenvalue weighted by molar-refractivity contribution is 5.97. The molecular formula is C19H18N2O. The molecule has 0 spiro atoms. The lowest BCUT2D eigenvalue weighted by Crippen LogP contribution is -2.34. The number of hydrogen-bond acceptors (Lipinski definition) is 2. The first-order valence-corrected chi connectivity index (χ1v) is 7.63. The zero-order chi connectivity index (χ0) is 15.3. The van der Waals surface area contributed by atoms with Gasteiger partial charge in [-0.15, -0.1) is 0 Å². The first-order chi connectivity index (χ1) is 10.6. The van der Waals surface area contributed by atoms with Crippen molar-refractivity contribution in [1.29, 1.82) is 0 Å². The van der Waals surface area contributed by atoms with Crippen LogP contribution >= 0.6 is 0 Å². The summed E-state index contributed by atoms with van der Waals surface area (Å²) in [6.07, 6.45) is 4.39. The van der Waals surface area contributed by atoms with Gasteiger partial charge in [0.2, 0.25) is 5.91 Å². The van der Waals surface area contributed by atoms with Gasteiger partial charge < -0.3 is 0 Å². The van der Waals surface area contributed by atoms with Crippen molar-refractivity contribution >= 4 is 16.8 Å². The second-order valence-corrected chi connectivity index (χ2v) is 6.58. The molecule has 2 aromatic heterocycles. The molecule has 1 unspecified atom stereocenters. The molecule has 0 radical (unpaired) electrons. The van der Waals surface area contributed by atoms with Gasteiger partial charge in [-0.25, -0.2) is 0 Å². The van der Waals surface area contributed by atoms with Gasteiger partial charge in [-0.3, -0.25) is 14.3 Å². The zero-order valence-electron chi connectivity index (χ0n) is 12.8. The highest BCUT2D eigenvalue weighted by atomic mass is 16.2. The second-order valence-electron chi connectivity index (χ2n) is 6.58. The summed E-state index contributed by atoms with van der Waals surface area (Å²) in [5.74, 6) is 0.174. The summed E-state index contributed by atoms with van der Waals surface area (Å²) in [6, 6.07) is 14.3. The molecule has 0 saturated heterocycles. The Kier molecular flexibility index (Phi) is 2.73. The Morgan fingerprint density at radius 3 is 2.64 bits per heavy atom. The van der Waals surface area contributed by atoms with Gasteiger partial charge in [0.05, 0.1) is 11.4 Å². The number of pyridine rings is 1. The SMILES string of the molecule is CC(C)(c1ccncc1)C1Cc2cc3ccccc3n2C1=O. The van der Waals surface area contributed by atoms with Crippen molar-refractivity contribution in [2.45, 2.75) is 25.7 Å². The van der Waals surface area contributed by atoms with Crippen LogP contribution in [0, 0.1) is 5.92 Å². The Bertz CT molecular complexity index is 862. The first kappa shape index (κ1) is 13.3. The van der Waals surface area contributed by atoms with E-state index in [-0.39, 0.29) is 17.2 Å². The lowest BCUT2D eigenvalue weighted by Gasteiger charge is -2.30. The van der Waals surface area contributed by atoms with Gasteiger partial charge in [-0.1, -0.05) is 32.0 Å². The fraction of sp³-hybridized carbons (Fsp3) is 0.263. The molecule has 1 aliphatic rings. The number of aromatic nitrogens is 2. The first-order valence-electron chi connectivity index (χ1n) is 7.63. The minimum atomic E-state index is -0.208. The topological polar surface area (TPSA) is 34.9 Å². The molecule has 3 heteroatoms. The van der Waals surface area contributed by atoms with E-state index < -0.39 is 0 Å². The quantitative estimate of drug-likeness (QED) is 0.719. The van der Waals surface area contributed by atoms with Gasteiger partial charge in [0.1, 0.15) is 0 Å². The molecule has 1 aromatic carbocycles. The van der Waals surface area contributed by atoms with Crippen molar-refractivity contribution in [3.05, 3.63) is 66.1 Å². The van der Waals surface area contributed by atoms with E-state index >= 15 is 0 Å². The van der Waals surface area contributed by atoms with E-state index in [0.29, 0.717) is 0 Å². The number of rotatable bonds is 2. The van der Waals surface area contributed by atoms with Crippen LogP contribution in [-0.4, -0.2) is 15.5 Å². The maximum absolute atomic E-state index is 13.0. The van der Waals surface area contributed by atoms with E-state index in [9.17, 15) is 4.79 Å². The number of benzene rings is 1. The number of nitrogens with zero attached hydrogens (tertiary/aromatic N) is 2. The number of hydrogen-bond donors (Lipinski definition) is 0. The van der Waals surface area contributed by atoms with Crippen molar-refractivity contribution in [2.24, 2.45) is 5.92 Å². The van der Waals surface area contributed by atoms with E-state index in [1.807, 2.05) is 34.9 Å². The Hall–Kier alpha value is -2.42. The summed E-state index contributed by atoms with van der Waals surface area (Å²) in [4.78, 5) is 17.1. The van der Waals surface area contributed by atoms with Crippen LogP contribution < -0.4 is 0 Å². The lowest BCUT2D eigenvalue weighted by atomic mass is 9.72. The lowest BCUT2D eigenvalue weighted by molar-refractivity contribution is 0.0818. The number of para-hydroxylation sites is 1. The summed E-state index contributed by atoms with van der Waals surface area (Å²) >= 11 is 0. The van der Waals surface area contributed by atoms with Gasteiger partial charge >= 0.3 is 0 Å². The minimum Gasteiger partial charge on any atom is -0.284 e. The van der Waals surface area contributed by atoms with Gasteiger partial charge in [-0.2, -0.15) is 0 Å². The highest BCUT2D eigenvalue weighted by Gasteiger charge is 2.42. The van der Waals surface area contributed by atoms with Crippen LogP contribution in [0.25, 0.3) is 10.9 Å². The van der Waals surface area contributed by atoms with Crippen LogP contribution in [-0.2, 0) is 11.8 Å². The maximum atomic E-state index is 13.0. The van der Waals surface area contributed by atoms with Gasteiger partial charge in [0, 0.05) is 35.3 Å². The molecule has 0 saturated carbocycles. The monoisotopic (exact) mass is 290 g/mol. The van der Waals surface area contributed by atoms with Crippen molar-refractivity contribution < 1.29 is 4.79 Å². The van der Waals surface area contributed by atoms with E-state index in [2.05, 4.69) is 31.0 Å². The summed E-state index contributed by atoms with van der Waals surface area (Å²) < 4.78 is 1.91. The molecule has 0 fully saturated rings. The van der Waals surface area contributed by atoms with Crippen LogP contribution in [0.4, 0.5) is 0 Å². The molecule has 0 N–H and O–H groups in total. The van der Waals surface area contributed by atoms with Crippen LogP contribution in [0.2, 0.25) is 0 Å². The normalized spacial score (nSPS) is 17.9. The number of carbonyl (C=O) groups excluding carboxylic acids is 1. The van der Waals surface area contributed by atoms with E-state index in [1.54, 1.807) is 12.4 Å². The van der Waals surface area contributed by atoms with Crippen molar-refractivity contribution in [3.63, 3.8) is 0 Å². The predicted octanol–water partition coefficient (Wildman–Crippen LogP) is 3.83. The van der Waals surface area contributed by atoms with E-state index in [4.69, 9.17) is 0 Å². The summed E-state index contributed by atoms with van der Waals surface area (Å²) in [6.45, 7) is 4.30. The molecular weight excluding hydrogens is 272 g/mol. The van der Waals surface area contributed by atoms with Gasteiger partial charge in [0.15, 0.2) is 0 Å². The summed E-state index contributed by atoms with van der Waals surface area (Å²) in [5, 5.41) is 1.14. The van der Waals surface area contributed by atoms with E-state index in [1.165, 1.54) is 0 Å². The van der Waals surface area contributed by atoms with Crippen molar-refractivity contribution in [2.75, 3.05) is 0 Å². The number of fused-ring (bicyclic) bond motifs is 3. The highest BCUT2D eigenvalue weighted by Crippen LogP contribution is 2.40. The Morgan fingerprint density at radius 1 is 1.14 bits per heavy atom. The van der Waals surface area contributed by atoms with Crippen molar-refractivity contribution in [1.82, 2.24) is 9.55 Å². The molecule has 3 nitrogen and oxygen atoms in total. The third kappa shape index (κ3) is 1.75. The Labute approximate surface area is 129 Å². The zero-order valence-corrected chi connectivity index (χ0v) is 12.8. The second kappa shape index (κ2) is 4.54. The third-order valence-corrected chi connectivity index (χ3v) is 5.01. The maximum Gasteiger partial charge on any atom is 0.235 e. The van der Waals surface area contributed by atoms with E-state index in [0.717, 1.165) is 28.6 Å². The van der Waals surface area contributed by atoms with Crippen molar-refractivity contribution in [3.8, 4) is 0 Å². The Balaban J connectivity index is 1.79. The largest absolute Gasteiger partial charge is 0.284 e. The average molecular weight is 290 g/mol. The smallest absolute Gasteiger partial charge is 0.235 e. The number of carbonyl (C=O) groups is 1. The van der Waals surface area contributed by atoms with Crippen LogP contribution in [0.1, 0.15) is 29.9 Å². The standard InChI is InChI=1S/C19H18N2O/c1-19(2,14-7-9-20-10-8-14)16-12-15-11-13-5-3-4-6-17(13)21(15)18(16)22/h3-11,16H,12H2,1-2H3. The fourth-order valence-electron chi connectivity index (χ4n) is 3.62. The predicted molar refractivity (Wildman–Crippen MR) is 87.0 cm³/mol. The molecule has 0 bridgehead atoms. The molecule has 1 aliphatic heterocycles. The van der Waals surface area contributed by atoms with Crippen LogP contribution in [0.5, 0.6) is 0 Å². The molecule has 4 rings (SSSR count). The molecule has 1 atom stereocenters. The van der Waals surface area contributed by atoms with Gasteiger partial charge in [0.25, 0.3) is 0 Å². The van der Waals surface area contributed by atoms with Gasteiger partial charge in [-0.05, 0) is 29.8 Å². The molecule has 22 heavy (non-hydrogen) atoms. The molecule has 110 valence electrons. The van der Waals surface area contributed by atoms with Crippen LogP contribution in [0.3, 0.4) is 0 Å². The molecule has 3 aromatic rings. The van der Waals surface area contributed by atoms with Crippen LogP contribution in [0.15, 0.2) is 54.9 Å². The molecule has 0 aliphatic carbocycles.